The highest BCUT2D eigenvalue weighted by Gasteiger charge is 2.28. The van der Waals surface area contributed by atoms with Crippen LogP contribution in [0.2, 0.25) is 0 Å². The fourth-order valence-corrected chi connectivity index (χ4v) is 4.85. The molecular weight excluding hydrogens is 332 g/mol. The van der Waals surface area contributed by atoms with Crippen LogP contribution in [-0.2, 0) is 10.0 Å². The molecule has 0 saturated heterocycles. The Morgan fingerprint density at radius 1 is 1.38 bits per heavy atom. The molecule has 0 fully saturated rings. The predicted octanol–water partition coefficient (Wildman–Crippen LogP) is 1.18. The Morgan fingerprint density at radius 3 is 2.86 bits per heavy atom. The summed E-state index contributed by atoms with van der Waals surface area (Å²) in [6, 6.07) is -0.440. The van der Waals surface area contributed by atoms with Gasteiger partial charge in [0.2, 0.25) is 5.03 Å². The monoisotopic (exact) mass is 344 g/mol. The number of fused-ring (bicyclic) bond motifs is 1. The summed E-state index contributed by atoms with van der Waals surface area (Å²) in [4.78, 5) is 8.79. The largest absolute Gasteiger partial charge is 0.306 e. The number of nitrogen functional groups attached to an aromatic ring is 1. The van der Waals surface area contributed by atoms with Crippen molar-refractivity contribution < 1.29 is 8.42 Å². The van der Waals surface area contributed by atoms with Crippen molar-refractivity contribution in [1.82, 2.24) is 19.1 Å². The highest BCUT2D eigenvalue weighted by Crippen LogP contribution is 2.26. The number of hydrogen-bond donors (Lipinski definition) is 3. The molecule has 11 heteroatoms. The van der Waals surface area contributed by atoms with Crippen LogP contribution in [0, 0.1) is 0 Å². The third-order valence-corrected chi connectivity index (χ3v) is 6.04. The topological polar surface area (TPSA) is 114 Å². The van der Waals surface area contributed by atoms with Crippen LogP contribution in [0.3, 0.4) is 0 Å². The van der Waals surface area contributed by atoms with Gasteiger partial charge in [0.25, 0.3) is 10.0 Å². The Hall–Kier alpha value is -1.53. The lowest BCUT2D eigenvalue weighted by Crippen LogP contribution is -2.29. The zero-order chi connectivity index (χ0) is 15.0. The predicted molar refractivity (Wildman–Crippen MR) is 81.7 cm³/mol. The molecule has 4 N–H and O–H groups in total. The van der Waals surface area contributed by atoms with E-state index in [4.69, 9.17) is 5.84 Å². The van der Waals surface area contributed by atoms with Gasteiger partial charge in [0.05, 0.1) is 6.04 Å². The number of rotatable bonds is 5. The highest BCUT2D eigenvalue weighted by molar-refractivity contribution is 7.89. The molecular formula is C10H12N6O2S3. The fraction of sp³-hybridized carbons (Fsp3) is 0.200. The molecule has 21 heavy (non-hydrogen) atoms. The van der Waals surface area contributed by atoms with Crippen molar-refractivity contribution in [2.75, 3.05) is 5.43 Å². The molecule has 0 radical (unpaired) electrons. The molecule has 0 aromatic carbocycles. The maximum absolute atomic E-state index is 12.6. The van der Waals surface area contributed by atoms with Gasteiger partial charge in [0.1, 0.15) is 5.01 Å². The summed E-state index contributed by atoms with van der Waals surface area (Å²) in [5, 5.41) is 4.23. The average Bonchev–Trinajstić information content (AvgIpc) is 3.13. The third-order valence-electron chi connectivity index (χ3n) is 2.76. The van der Waals surface area contributed by atoms with Crippen molar-refractivity contribution in [3.63, 3.8) is 0 Å². The Kier molecular flexibility index (Phi) is 3.67. The number of hydrogen-bond acceptors (Lipinski definition) is 8. The molecule has 0 bridgehead atoms. The molecule has 1 unspecified atom stereocenters. The van der Waals surface area contributed by atoms with Crippen molar-refractivity contribution in [2.24, 2.45) is 5.84 Å². The minimum Gasteiger partial charge on any atom is -0.306 e. The SMILES string of the molecule is CC(NS(=O)(=O)c1c(NN)nc2sccn12)c1nccs1. The molecule has 0 aliphatic carbocycles. The van der Waals surface area contributed by atoms with Gasteiger partial charge in [0.15, 0.2) is 10.8 Å². The van der Waals surface area contributed by atoms with Gasteiger partial charge < -0.3 is 5.43 Å². The zero-order valence-electron chi connectivity index (χ0n) is 10.8. The lowest BCUT2D eigenvalue weighted by molar-refractivity contribution is 0.562. The van der Waals surface area contributed by atoms with E-state index >= 15 is 0 Å². The molecule has 0 aliphatic heterocycles. The van der Waals surface area contributed by atoms with Crippen LogP contribution < -0.4 is 16.0 Å². The first kappa shape index (κ1) is 14.4. The Labute approximate surface area is 128 Å². The van der Waals surface area contributed by atoms with Gasteiger partial charge in [-0.1, -0.05) is 0 Å². The van der Waals surface area contributed by atoms with Crippen LogP contribution >= 0.6 is 22.7 Å². The molecule has 3 aromatic heterocycles. The van der Waals surface area contributed by atoms with Crippen LogP contribution in [0.1, 0.15) is 18.0 Å². The lowest BCUT2D eigenvalue weighted by Gasteiger charge is -2.12. The van der Waals surface area contributed by atoms with Crippen molar-refractivity contribution in [1.29, 1.82) is 0 Å². The number of nitrogens with zero attached hydrogens (tertiary/aromatic N) is 3. The van der Waals surface area contributed by atoms with Gasteiger partial charge in [-0.2, -0.15) is 4.98 Å². The van der Waals surface area contributed by atoms with Gasteiger partial charge in [-0.15, -0.1) is 22.7 Å². The number of nitrogens with one attached hydrogen (secondary N) is 2. The van der Waals surface area contributed by atoms with E-state index in [1.54, 1.807) is 30.1 Å². The van der Waals surface area contributed by atoms with E-state index in [1.807, 2.05) is 0 Å². The van der Waals surface area contributed by atoms with E-state index in [-0.39, 0.29) is 10.8 Å². The minimum absolute atomic E-state index is 0.00958. The smallest absolute Gasteiger partial charge is 0.261 e. The van der Waals surface area contributed by atoms with Gasteiger partial charge in [-0.3, -0.25) is 4.40 Å². The molecule has 3 rings (SSSR count). The quantitative estimate of drug-likeness (QED) is 0.473. The van der Waals surface area contributed by atoms with Gasteiger partial charge in [0, 0.05) is 23.2 Å². The summed E-state index contributed by atoms with van der Waals surface area (Å²) in [5.74, 6) is 5.48. The van der Waals surface area contributed by atoms with E-state index in [9.17, 15) is 8.42 Å². The highest BCUT2D eigenvalue weighted by atomic mass is 32.2. The van der Waals surface area contributed by atoms with Crippen LogP contribution in [-0.4, -0.2) is 22.8 Å². The number of thiazole rings is 2. The van der Waals surface area contributed by atoms with E-state index in [1.165, 1.54) is 27.1 Å². The number of imidazole rings is 1. The Bertz CT molecular complexity index is 851. The second-order valence-electron chi connectivity index (χ2n) is 4.18. The lowest BCUT2D eigenvalue weighted by atomic mass is 10.4. The molecule has 0 amide bonds. The maximum atomic E-state index is 12.6. The van der Waals surface area contributed by atoms with E-state index in [2.05, 4.69) is 20.1 Å². The average molecular weight is 344 g/mol. The molecule has 112 valence electrons. The van der Waals surface area contributed by atoms with Gasteiger partial charge in [-0.05, 0) is 6.92 Å². The van der Waals surface area contributed by atoms with Crippen molar-refractivity contribution in [2.45, 2.75) is 18.0 Å². The first-order valence-electron chi connectivity index (χ1n) is 5.87. The summed E-state index contributed by atoms with van der Waals surface area (Å²) in [6.07, 6.45) is 3.27. The second-order valence-corrected chi connectivity index (χ2v) is 7.61. The molecule has 0 aliphatic rings. The molecule has 3 aromatic rings. The second kappa shape index (κ2) is 5.35. The molecule has 3 heterocycles. The maximum Gasteiger partial charge on any atom is 0.261 e. The normalized spacial score (nSPS) is 13.6. The third kappa shape index (κ3) is 2.53. The van der Waals surface area contributed by atoms with Gasteiger partial charge >= 0.3 is 0 Å². The molecule has 0 spiro atoms. The van der Waals surface area contributed by atoms with Crippen LogP contribution in [0.5, 0.6) is 0 Å². The molecule has 8 nitrogen and oxygen atoms in total. The summed E-state index contributed by atoms with van der Waals surface area (Å²) in [5.41, 5.74) is 2.33. The van der Waals surface area contributed by atoms with Crippen LogP contribution in [0.25, 0.3) is 4.96 Å². The van der Waals surface area contributed by atoms with E-state index in [0.717, 1.165) is 0 Å². The molecule has 1 atom stereocenters. The number of hydrazine groups is 1. The molecule has 0 saturated carbocycles. The number of aromatic nitrogens is 3. The summed E-state index contributed by atoms with van der Waals surface area (Å²) >= 11 is 2.71. The van der Waals surface area contributed by atoms with Crippen molar-refractivity contribution in [3.05, 3.63) is 28.2 Å². The van der Waals surface area contributed by atoms with E-state index < -0.39 is 16.1 Å². The fourth-order valence-electron chi connectivity index (χ4n) is 1.90. The number of anilines is 1. The standard InChI is InChI=1S/C10H12N6O2S3/c1-6(8-12-2-4-19-8)15-21(17,18)9-7(14-11)13-10-16(9)3-5-20-10/h2-6,14-15H,11H2,1H3. The first-order valence-corrected chi connectivity index (χ1v) is 9.11. The van der Waals surface area contributed by atoms with Gasteiger partial charge in [-0.25, -0.2) is 24.0 Å². The van der Waals surface area contributed by atoms with Crippen molar-refractivity contribution in [3.8, 4) is 0 Å². The minimum atomic E-state index is -3.80. The summed E-state index contributed by atoms with van der Waals surface area (Å²) in [6.45, 7) is 1.73. The number of nitrogens with two attached hydrogens (primary N) is 1. The van der Waals surface area contributed by atoms with Crippen molar-refractivity contribution >= 4 is 43.5 Å². The Morgan fingerprint density at radius 2 is 2.19 bits per heavy atom. The zero-order valence-corrected chi connectivity index (χ0v) is 13.3. The van der Waals surface area contributed by atoms with E-state index in [0.29, 0.717) is 9.97 Å². The van der Waals surface area contributed by atoms with Crippen LogP contribution in [0.4, 0.5) is 5.82 Å². The summed E-state index contributed by atoms with van der Waals surface area (Å²) < 4.78 is 29.3. The Balaban J connectivity index is 2.02. The first-order chi connectivity index (χ1) is 10.0. The summed E-state index contributed by atoms with van der Waals surface area (Å²) in [7, 11) is -3.80. The number of sulfonamides is 1. The van der Waals surface area contributed by atoms with Crippen LogP contribution in [0.15, 0.2) is 28.2 Å².